The summed E-state index contributed by atoms with van der Waals surface area (Å²) < 4.78 is 0. The van der Waals surface area contributed by atoms with Crippen LogP contribution in [0.5, 0.6) is 0 Å². The third-order valence-electron chi connectivity index (χ3n) is 1.23. The Labute approximate surface area is 67.3 Å². The van der Waals surface area contributed by atoms with Crippen LogP contribution in [0.15, 0.2) is 0 Å². The second-order valence-corrected chi connectivity index (χ2v) is 2.23. The number of unbranched alkanes of at least 4 members (excludes halogenated alkanes) is 1. The van der Waals surface area contributed by atoms with E-state index >= 15 is 0 Å². The van der Waals surface area contributed by atoms with Crippen molar-refractivity contribution in [2.75, 3.05) is 20.2 Å². The molecule has 0 bridgehead atoms. The van der Waals surface area contributed by atoms with Crippen LogP contribution in [-0.2, 0) is 9.63 Å². The van der Waals surface area contributed by atoms with Crippen molar-refractivity contribution in [1.29, 1.82) is 0 Å². The number of hydrogen-bond donors (Lipinski definition) is 2. The van der Waals surface area contributed by atoms with Crippen molar-refractivity contribution in [2.45, 2.75) is 19.8 Å². The predicted octanol–water partition coefficient (Wildman–Crippen LogP) is 0.0537. The highest BCUT2D eigenvalue weighted by atomic mass is 16.6. The lowest BCUT2D eigenvalue weighted by Crippen LogP contribution is -2.33. The Morgan fingerprint density at radius 2 is 2.27 bits per heavy atom. The first-order valence-electron chi connectivity index (χ1n) is 3.83. The van der Waals surface area contributed by atoms with E-state index in [1.165, 1.54) is 7.11 Å². The van der Waals surface area contributed by atoms with Gasteiger partial charge < -0.3 is 10.2 Å². The molecule has 0 rings (SSSR count). The van der Waals surface area contributed by atoms with Gasteiger partial charge in [0.25, 0.3) is 0 Å². The van der Waals surface area contributed by atoms with Gasteiger partial charge in [-0.25, -0.2) is 0 Å². The minimum atomic E-state index is -0.0275. The smallest absolute Gasteiger partial charge is 0.236 e. The van der Waals surface area contributed by atoms with Gasteiger partial charge >= 0.3 is 0 Å². The van der Waals surface area contributed by atoms with E-state index in [1.807, 2.05) is 0 Å². The van der Waals surface area contributed by atoms with E-state index < -0.39 is 0 Å². The quantitative estimate of drug-likeness (QED) is 0.426. The molecule has 0 aromatic carbocycles. The molecular formula is C7H16N2O2. The number of carbonyl (C=O) groups is 1. The topological polar surface area (TPSA) is 50.4 Å². The zero-order chi connectivity index (χ0) is 8.53. The van der Waals surface area contributed by atoms with E-state index in [2.05, 4.69) is 22.6 Å². The Morgan fingerprint density at radius 1 is 1.55 bits per heavy atom. The summed E-state index contributed by atoms with van der Waals surface area (Å²) in [5.74, 6) is -0.0275. The van der Waals surface area contributed by atoms with E-state index in [4.69, 9.17) is 0 Å². The first-order valence-corrected chi connectivity index (χ1v) is 3.83. The fourth-order valence-electron chi connectivity index (χ4n) is 0.605. The molecule has 0 spiro atoms. The molecular weight excluding hydrogens is 144 g/mol. The van der Waals surface area contributed by atoms with Crippen LogP contribution in [0, 0.1) is 0 Å². The van der Waals surface area contributed by atoms with E-state index in [0.29, 0.717) is 0 Å². The average Bonchev–Trinajstić information content (AvgIpc) is 2.01. The van der Waals surface area contributed by atoms with Gasteiger partial charge in [-0.3, -0.25) is 4.79 Å². The monoisotopic (exact) mass is 160 g/mol. The van der Waals surface area contributed by atoms with Gasteiger partial charge in [0.05, 0.1) is 13.7 Å². The molecule has 0 unspecified atom stereocenters. The minimum absolute atomic E-state index is 0.0275. The summed E-state index contributed by atoms with van der Waals surface area (Å²) in [6.45, 7) is 3.06. The van der Waals surface area contributed by atoms with Gasteiger partial charge in [-0.15, -0.1) is 0 Å². The number of amides is 1. The second-order valence-electron chi connectivity index (χ2n) is 2.23. The number of nitrogens with one attached hydrogen (secondary N) is 2. The first kappa shape index (κ1) is 10.4. The molecule has 4 heteroatoms. The van der Waals surface area contributed by atoms with E-state index in [-0.39, 0.29) is 12.5 Å². The molecule has 0 aliphatic carbocycles. The largest absolute Gasteiger partial charge is 0.355 e. The van der Waals surface area contributed by atoms with Gasteiger partial charge in [-0.2, -0.15) is 5.48 Å². The van der Waals surface area contributed by atoms with Crippen LogP contribution in [0.3, 0.4) is 0 Å². The molecule has 0 saturated heterocycles. The molecule has 0 aliphatic heterocycles. The van der Waals surface area contributed by atoms with Gasteiger partial charge in [0.1, 0.15) is 0 Å². The molecule has 0 radical (unpaired) electrons. The lowest BCUT2D eigenvalue weighted by atomic mass is 10.3. The minimum Gasteiger partial charge on any atom is -0.355 e. The summed E-state index contributed by atoms with van der Waals surface area (Å²) in [5.41, 5.74) is 2.46. The first-order chi connectivity index (χ1) is 5.31. The Morgan fingerprint density at radius 3 is 2.82 bits per heavy atom. The van der Waals surface area contributed by atoms with Crippen molar-refractivity contribution in [1.82, 2.24) is 10.8 Å². The molecule has 4 nitrogen and oxygen atoms in total. The van der Waals surface area contributed by atoms with E-state index in [9.17, 15) is 4.79 Å². The standard InChI is InChI=1S/C7H16N2O2/c1-3-4-5-8-7(10)6-9-11-2/h9H,3-6H2,1-2H3,(H,8,10). The SMILES string of the molecule is CCCCNC(=O)CNOC. The van der Waals surface area contributed by atoms with Crippen molar-refractivity contribution < 1.29 is 9.63 Å². The number of hydroxylamine groups is 1. The fraction of sp³-hybridized carbons (Fsp3) is 0.857. The lowest BCUT2D eigenvalue weighted by molar-refractivity contribution is -0.122. The van der Waals surface area contributed by atoms with Crippen LogP contribution in [0.25, 0.3) is 0 Å². The highest BCUT2D eigenvalue weighted by Gasteiger charge is 1.96. The number of hydrogen-bond acceptors (Lipinski definition) is 3. The maximum absolute atomic E-state index is 10.8. The average molecular weight is 160 g/mol. The maximum atomic E-state index is 10.8. The Kier molecular flexibility index (Phi) is 7.08. The molecule has 0 aromatic heterocycles. The summed E-state index contributed by atoms with van der Waals surface area (Å²) in [6, 6.07) is 0. The highest BCUT2D eigenvalue weighted by Crippen LogP contribution is 1.81. The van der Waals surface area contributed by atoms with Gasteiger partial charge in [-0.1, -0.05) is 13.3 Å². The highest BCUT2D eigenvalue weighted by molar-refractivity contribution is 5.77. The Bertz CT molecular complexity index is 107. The summed E-state index contributed by atoms with van der Waals surface area (Å²) in [5, 5.41) is 2.74. The van der Waals surface area contributed by atoms with Crippen molar-refractivity contribution in [3.63, 3.8) is 0 Å². The van der Waals surface area contributed by atoms with Gasteiger partial charge in [-0.05, 0) is 6.42 Å². The van der Waals surface area contributed by atoms with Crippen molar-refractivity contribution in [3.05, 3.63) is 0 Å². The molecule has 0 atom stereocenters. The van der Waals surface area contributed by atoms with Crippen molar-refractivity contribution >= 4 is 5.91 Å². The van der Waals surface area contributed by atoms with Gasteiger partial charge in [0.15, 0.2) is 0 Å². The summed E-state index contributed by atoms with van der Waals surface area (Å²) in [6.07, 6.45) is 2.12. The van der Waals surface area contributed by atoms with E-state index in [1.54, 1.807) is 0 Å². The van der Waals surface area contributed by atoms with Crippen LogP contribution in [-0.4, -0.2) is 26.1 Å². The number of rotatable bonds is 6. The van der Waals surface area contributed by atoms with Gasteiger partial charge in [0, 0.05) is 6.54 Å². The fourth-order valence-corrected chi connectivity index (χ4v) is 0.605. The molecule has 0 aromatic rings. The molecule has 0 fully saturated rings. The van der Waals surface area contributed by atoms with E-state index in [0.717, 1.165) is 19.4 Å². The molecule has 0 aliphatic rings. The predicted molar refractivity (Wildman–Crippen MR) is 42.9 cm³/mol. The Hall–Kier alpha value is -0.610. The molecule has 0 heterocycles. The second kappa shape index (κ2) is 7.50. The van der Waals surface area contributed by atoms with Crippen LogP contribution >= 0.6 is 0 Å². The van der Waals surface area contributed by atoms with Crippen molar-refractivity contribution in [2.24, 2.45) is 0 Å². The molecule has 1 amide bonds. The summed E-state index contributed by atoms with van der Waals surface area (Å²) in [4.78, 5) is 15.3. The Balaban J connectivity index is 3.09. The van der Waals surface area contributed by atoms with Crippen LogP contribution in [0.2, 0.25) is 0 Å². The van der Waals surface area contributed by atoms with Gasteiger partial charge in [0.2, 0.25) is 5.91 Å². The third-order valence-corrected chi connectivity index (χ3v) is 1.23. The third kappa shape index (κ3) is 7.29. The van der Waals surface area contributed by atoms with Crippen molar-refractivity contribution in [3.8, 4) is 0 Å². The van der Waals surface area contributed by atoms with Crippen LogP contribution in [0.1, 0.15) is 19.8 Å². The zero-order valence-corrected chi connectivity index (χ0v) is 7.14. The summed E-state index contributed by atoms with van der Waals surface area (Å²) >= 11 is 0. The zero-order valence-electron chi connectivity index (χ0n) is 7.14. The normalized spacial score (nSPS) is 9.64. The summed E-state index contributed by atoms with van der Waals surface area (Å²) in [7, 11) is 1.49. The molecule has 2 N–H and O–H groups in total. The molecule has 66 valence electrons. The molecule has 11 heavy (non-hydrogen) atoms. The number of carbonyl (C=O) groups excluding carboxylic acids is 1. The molecule has 0 saturated carbocycles. The van der Waals surface area contributed by atoms with Crippen LogP contribution in [0.4, 0.5) is 0 Å². The van der Waals surface area contributed by atoms with Crippen LogP contribution < -0.4 is 10.8 Å². The maximum Gasteiger partial charge on any atom is 0.236 e. The lowest BCUT2D eigenvalue weighted by Gasteiger charge is -2.03.